The third-order valence-electron chi connectivity index (χ3n) is 4.61. The number of anilines is 2. The van der Waals surface area contributed by atoms with Gasteiger partial charge in [-0.15, -0.1) is 5.10 Å². The smallest absolute Gasteiger partial charge is 0.413 e. The number of hydrogen-bond acceptors (Lipinski definition) is 8. The Morgan fingerprint density at radius 2 is 2.06 bits per heavy atom. The van der Waals surface area contributed by atoms with Gasteiger partial charge in [-0.1, -0.05) is 40.1 Å². The monoisotopic (exact) mass is 477 g/mol. The summed E-state index contributed by atoms with van der Waals surface area (Å²) < 4.78 is 8.39. The van der Waals surface area contributed by atoms with E-state index < -0.39 is 17.4 Å². The summed E-state index contributed by atoms with van der Waals surface area (Å²) in [5.41, 5.74) is 2.65. The molecule has 0 unspecified atom stereocenters. The highest BCUT2D eigenvalue weighted by Gasteiger charge is 2.24. The number of aromatic nitrogens is 5. The zero-order valence-corrected chi connectivity index (χ0v) is 20.1. The summed E-state index contributed by atoms with van der Waals surface area (Å²) in [5, 5.41) is 9.47. The van der Waals surface area contributed by atoms with Crippen LogP contribution in [0.5, 0.6) is 0 Å². The minimum absolute atomic E-state index is 0.260. The molecule has 1 amide bonds. The summed E-state index contributed by atoms with van der Waals surface area (Å²) in [6.07, 6.45) is 2.01. The van der Waals surface area contributed by atoms with Crippen LogP contribution in [0, 0.1) is 6.92 Å². The topological polar surface area (TPSA) is 98.1 Å². The Hall–Kier alpha value is -2.66. The number of carbonyl (C=O) groups excluding carboxylic acids is 1. The fourth-order valence-corrected chi connectivity index (χ4v) is 4.07. The molecule has 3 aromatic heterocycles. The Labute approximate surface area is 205 Å². The molecule has 0 saturated heterocycles. The van der Waals surface area contributed by atoms with Crippen LogP contribution in [0.3, 0.4) is 0 Å². The van der Waals surface area contributed by atoms with E-state index >= 15 is 0 Å². The lowest BCUT2D eigenvalue weighted by Gasteiger charge is -2.37. The summed E-state index contributed by atoms with van der Waals surface area (Å²) in [7, 11) is 19.2. The molecular formula is C19H19B3ClN7O2S. The number of ether oxygens (including phenoxy) is 1. The average Bonchev–Trinajstić information content (AvgIpc) is 3.09. The minimum Gasteiger partial charge on any atom is -0.441 e. The molecule has 6 radical (unpaired) electrons. The maximum absolute atomic E-state index is 12.6. The van der Waals surface area contributed by atoms with E-state index in [1.54, 1.807) is 57.6 Å². The van der Waals surface area contributed by atoms with E-state index in [9.17, 15) is 4.79 Å². The summed E-state index contributed by atoms with van der Waals surface area (Å²) in [6, 6.07) is 6.91. The van der Waals surface area contributed by atoms with Crippen LogP contribution in [0.1, 0.15) is 24.3 Å². The second kappa shape index (κ2) is 10.1. The van der Waals surface area contributed by atoms with Crippen LogP contribution in [-0.4, -0.2) is 66.1 Å². The van der Waals surface area contributed by atoms with Crippen molar-refractivity contribution in [3.8, 4) is 11.4 Å². The number of halogens is 1. The van der Waals surface area contributed by atoms with E-state index in [1.807, 2.05) is 0 Å². The van der Waals surface area contributed by atoms with Crippen molar-refractivity contribution < 1.29 is 9.53 Å². The second-order valence-corrected chi connectivity index (χ2v) is 8.22. The van der Waals surface area contributed by atoms with Crippen LogP contribution >= 0.6 is 23.5 Å². The fourth-order valence-electron chi connectivity index (χ4n) is 3.09. The molecular weight excluding hydrogens is 458 g/mol. The average molecular weight is 477 g/mol. The van der Waals surface area contributed by atoms with Gasteiger partial charge in [0.2, 0.25) is 0 Å². The van der Waals surface area contributed by atoms with E-state index in [1.165, 1.54) is 20.9 Å². The first kappa shape index (κ1) is 25.0. The predicted octanol–water partition coefficient (Wildman–Crippen LogP) is 2.74. The van der Waals surface area contributed by atoms with Crippen molar-refractivity contribution >= 4 is 64.7 Å². The Kier molecular flexibility index (Phi) is 7.63. The van der Waals surface area contributed by atoms with Gasteiger partial charge in [0.1, 0.15) is 11.3 Å². The van der Waals surface area contributed by atoms with Crippen LogP contribution in [0.4, 0.5) is 16.3 Å². The van der Waals surface area contributed by atoms with Crippen LogP contribution in [0.2, 0.25) is 5.15 Å². The molecule has 0 aliphatic heterocycles. The minimum atomic E-state index is -1.58. The number of pyridine rings is 2. The number of hydrogen-bond donors (Lipinski definition) is 1. The number of amides is 1. The van der Waals surface area contributed by atoms with Gasteiger partial charge in [-0.2, -0.15) is 0 Å². The van der Waals surface area contributed by atoms with Crippen molar-refractivity contribution in [2.75, 3.05) is 15.9 Å². The molecule has 3 rings (SSSR count). The lowest BCUT2D eigenvalue weighted by Crippen LogP contribution is -2.47. The zero-order chi connectivity index (χ0) is 24.3. The number of nitrogens with one attached hydrogen (secondary N) is 1. The molecule has 0 fully saturated rings. The Balaban J connectivity index is 1.83. The van der Waals surface area contributed by atoms with Gasteiger partial charge in [0, 0.05) is 25.1 Å². The zero-order valence-electron chi connectivity index (χ0n) is 18.5. The molecule has 1 atom stereocenters. The number of rotatable bonds is 7. The van der Waals surface area contributed by atoms with Crippen molar-refractivity contribution in [3.63, 3.8) is 0 Å². The Bertz CT molecular complexity index is 1160. The standard InChI is InChI=1S/C19H19B3ClN7O2S/c1-10-14(30(33-4)19(20,21)22)8-7-13(25-10)15-17(29(3)28-27-15)26-18(31)32-11(2)12-6-5-9-24-16(12)23/h5-9,11H,1-4H3,(H,26,31)/t11-/m1/s1. The summed E-state index contributed by atoms with van der Waals surface area (Å²) in [6.45, 7) is 3.48. The third kappa shape index (κ3) is 5.65. The van der Waals surface area contributed by atoms with Gasteiger partial charge >= 0.3 is 6.09 Å². The largest absolute Gasteiger partial charge is 0.441 e. The van der Waals surface area contributed by atoms with E-state index in [-0.39, 0.29) is 5.15 Å². The SMILES string of the molecule is [B]C([B])([B])N(SC)c1ccc(-c2nnn(C)c2NC(=O)O[C@H](C)c2cccnc2Cl)nc1C. The summed E-state index contributed by atoms with van der Waals surface area (Å²) in [5.74, 6) is 0.302. The molecule has 0 spiro atoms. The fraction of sp³-hybridized carbons (Fsp3) is 0.316. The molecule has 0 bridgehead atoms. The first-order valence-corrected chi connectivity index (χ1v) is 11.3. The van der Waals surface area contributed by atoms with Gasteiger partial charge < -0.3 is 9.04 Å². The quantitative estimate of drug-likeness (QED) is 0.315. The predicted molar refractivity (Wildman–Crippen MR) is 133 cm³/mol. The van der Waals surface area contributed by atoms with Gasteiger partial charge in [-0.25, -0.2) is 19.4 Å². The van der Waals surface area contributed by atoms with Crippen molar-refractivity contribution in [1.29, 1.82) is 0 Å². The first-order valence-electron chi connectivity index (χ1n) is 9.69. The molecule has 164 valence electrons. The molecule has 0 saturated carbocycles. The van der Waals surface area contributed by atoms with Gasteiger partial charge in [0.25, 0.3) is 0 Å². The molecule has 14 heteroatoms. The van der Waals surface area contributed by atoms with Crippen LogP contribution in [-0.2, 0) is 11.8 Å². The number of aryl methyl sites for hydroxylation is 2. The van der Waals surface area contributed by atoms with Crippen LogP contribution in [0.25, 0.3) is 11.4 Å². The highest BCUT2D eigenvalue weighted by Crippen LogP contribution is 2.32. The summed E-state index contributed by atoms with van der Waals surface area (Å²) >= 11 is 7.35. The maximum atomic E-state index is 12.6. The number of carbonyl (C=O) groups is 1. The van der Waals surface area contributed by atoms with Gasteiger partial charge in [-0.05, 0) is 32.0 Å². The van der Waals surface area contributed by atoms with E-state index in [4.69, 9.17) is 39.9 Å². The van der Waals surface area contributed by atoms with E-state index in [0.717, 1.165) is 0 Å². The highest BCUT2D eigenvalue weighted by molar-refractivity contribution is 8.00. The molecule has 0 aliphatic rings. The molecule has 0 aromatic carbocycles. The Morgan fingerprint density at radius 1 is 1.33 bits per heavy atom. The number of nitrogens with zero attached hydrogens (tertiary/aromatic N) is 6. The lowest BCUT2D eigenvalue weighted by atomic mass is 9.49. The second-order valence-electron chi connectivity index (χ2n) is 7.13. The third-order valence-corrected chi connectivity index (χ3v) is 5.80. The van der Waals surface area contributed by atoms with Gasteiger partial charge in [-0.3, -0.25) is 5.32 Å². The normalized spacial score (nSPS) is 12.3. The molecule has 9 nitrogen and oxygen atoms in total. The van der Waals surface area contributed by atoms with Crippen molar-refractivity contribution in [1.82, 2.24) is 25.0 Å². The van der Waals surface area contributed by atoms with Crippen molar-refractivity contribution in [2.45, 2.75) is 25.2 Å². The van der Waals surface area contributed by atoms with Crippen LogP contribution in [0.15, 0.2) is 30.5 Å². The maximum Gasteiger partial charge on any atom is 0.413 e. The van der Waals surface area contributed by atoms with Crippen molar-refractivity contribution in [2.24, 2.45) is 7.05 Å². The molecule has 33 heavy (non-hydrogen) atoms. The van der Waals surface area contributed by atoms with E-state index in [2.05, 4.69) is 25.6 Å². The molecule has 0 aliphatic carbocycles. The molecule has 3 aromatic rings. The van der Waals surface area contributed by atoms with Crippen molar-refractivity contribution in [3.05, 3.63) is 46.9 Å². The lowest BCUT2D eigenvalue weighted by molar-refractivity contribution is 0.121. The molecule has 1 N–H and O–H groups in total. The van der Waals surface area contributed by atoms with E-state index in [0.29, 0.717) is 34.2 Å². The molecule has 3 heterocycles. The summed E-state index contributed by atoms with van der Waals surface area (Å²) in [4.78, 5) is 21.1. The highest BCUT2D eigenvalue weighted by atomic mass is 35.5. The van der Waals surface area contributed by atoms with Gasteiger partial charge in [0.05, 0.1) is 40.6 Å². The Morgan fingerprint density at radius 3 is 2.67 bits per heavy atom. The van der Waals surface area contributed by atoms with Gasteiger partial charge in [0.15, 0.2) is 11.5 Å². The van der Waals surface area contributed by atoms with Crippen LogP contribution < -0.4 is 9.62 Å². The first-order chi connectivity index (χ1) is 15.5.